The van der Waals surface area contributed by atoms with Crippen LogP contribution in [0.15, 0.2) is 21.5 Å². The highest BCUT2D eigenvalue weighted by Crippen LogP contribution is 2.35. The lowest BCUT2D eigenvalue weighted by atomic mass is 10.2. The van der Waals surface area contributed by atoms with E-state index in [9.17, 15) is 12.8 Å². The molecule has 1 saturated heterocycles. The quantitative estimate of drug-likeness (QED) is 0.887. The number of hydrogen-bond donors (Lipinski definition) is 1. The van der Waals surface area contributed by atoms with Crippen LogP contribution < -0.4 is 5.73 Å². The zero-order chi connectivity index (χ0) is 14.2. The van der Waals surface area contributed by atoms with Crippen LogP contribution in [0.2, 0.25) is 5.02 Å². The first kappa shape index (κ1) is 15.2. The third kappa shape index (κ3) is 2.80. The van der Waals surface area contributed by atoms with Gasteiger partial charge in [0, 0.05) is 23.6 Å². The van der Waals surface area contributed by atoms with Gasteiger partial charge in [0.2, 0.25) is 10.0 Å². The molecule has 0 amide bonds. The molecule has 0 radical (unpaired) electrons. The molecule has 0 unspecified atom stereocenters. The number of nitrogens with zero attached hydrogens (tertiary/aromatic N) is 1. The highest BCUT2D eigenvalue weighted by Gasteiger charge is 2.36. The highest BCUT2D eigenvalue weighted by molar-refractivity contribution is 9.10. The van der Waals surface area contributed by atoms with Gasteiger partial charge >= 0.3 is 0 Å². The number of nitrogens with two attached hydrogens (primary N) is 1. The number of halogens is 3. The van der Waals surface area contributed by atoms with E-state index in [1.165, 1.54) is 4.31 Å². The van der Waals surface area contributed by atoms with Crippen molar-refractivity contribution in [1.29, 1.82) is 0 Å². The van der Waals surface area contributed by atoms with Crippen LogP contribution in [0.25, 0.3) is 0 Å². The molecule has 0 saturated carbocycles. The molecule has 0 aliphatic carbocycles. The summed E-state index contributed by atoms with van der Waals surface area (Å²) in [6.45, 7) is 0.667. The van der Waals surface area contributed by atoms with Crippen LogP contribution >= 0.6 is 27.5 Å². The standard InChI is InChI=1S/C11H13BrClFN2O2S/c12-9-4-7(14)5-10(13)11(9)19(17,18)16-3-1-2-8(16)6-15/h4-5,8H,1-3,6,15H2/t8-/m1/s1. The molecule has 1 aromatic carbocycles. The molecule has 8 heteroatoms. The van der Waals surface area contributed by atoms with E-state index in [-0.39, 0.29) is 27.0 Å². The summed E-state index contributed by atoms with van der Waals surface area (Å²) in [6, 6.07) is 1.86. The Hall–Kier alpha value is -0.210. The van der Waals surface area contributed by atoms with E-state index < -0.39 is 15.8 Å². The minimum absolute atomic E-state index is 0.101. The van der Waals surface area contributed by atoms with Gasteiger partial charge in [0.15, 0.2) is 0 Å². The van der Waals surface area contributed by atoms with Crippen molar-refractivity contribution in [2.24, 2.45) is 5.73 Å². The Bertz CT molecular complexity index is 573. The minimum Gasteiger partial charge on any atom is -0.329 e. The normalized spacial score (nSPS) is 20.9. The third-order valence-electron chi connectivity index (χ3n) is 3.12. The summed E-state index contributed by atoms with van der Waals surface area (Å²) in [4.78, 5) is -0.101. The van der Waals surface area contributed by atoms with Gasteiger partial charge in [-0.25, -0.2) is 12.8 Å². The van der Waals surface area contributed by atoms with Crippen molar-refractivity contribution < 1.29 is 12.8 Å². The predicted octanol–water partition coefficient (Wildman–Crippen LogP) is 2.35. The molecule has 2 rings (SSSR count). The van der Waals surface area contributed by atoms with Crippen molar-refractivity contribution in [3.05, 3.63) is 27.4 Å². The van der Waals surface area contributed by atoms with Gasteiger partial charge < -0.3 is 5.73 Å². The molecule has 1 atom stereocenters. The molecule has 0 aromatic heterocycles. The number of sulfonamides is 1. The second kappa shape index (κ2) is 5.65. The maximum absolute atomic E-state index is 13.2. The zero-order valence-corrected chi connectivity index (χ0v) is 13.1. The summed E-state index contributed by atoms with van der Waals surface area (Å²) >= 11 is 8.94. The first-order valence-electron chi connectivity index (χ1n) is 5.74. The van der Waals surface area contributed by atoms with Crippen LogP contribution in [0.3, 0.4) is 0 Å². The lowest BCUT2D eigenvalue weighted by Crippen LogP contribution is -2.40. The van der Waals surface area contributed by atoms with Crippen LogP contribution in [-0.2, 0) is 10.0 Å². The number of rotatable bonds is 3. The van der Waals surface area contributed by atoms with Gasteiger partial charge in [-0.15, -0.1) is 0 Å². The topological polar surface area (TPSA) is 63.4 Å². The van der Waals surface area contributed by atoms with Crippen LogP contribution in [-0.4, -0.2) is 31.9 Å². The summed E-state index contributed by atoms with van der Waals surface area (Å²) in [5.41, 5.74) is 5.59. The summed E-state index contributed by atoms with van der Waals surface area (Å²) in [6.07, 6.45) is 1.49. The Kier molecular flexibility index (Phi) is 4.52. The van der Waals surface area contributed by atoms with Crippen molar-refractivity contribution in [2.45, 2.75) is 23.8 Å². The van der Waals surface area contributed by atoms with Crippen LogP contribution in [0.4, 0.5) is 4.39 Å². The molecule has 106 valence electrons. The molecule has 0 bridgehead atoms. The first-order chi connectivity index (χ1) is 8.87. The molecule has 19 heavy (non-hydrogen) atoms. The number of benzene rings is 1. The maximum Gasteiger partial charge on any atom is 0.245 e. The monoisotopic (exact) mass is 370 g/mol. The van der Waals surface area contributed by atoms with Crippen molar-refractivity contribution in [1.82, 2.24) is 4.31 Å². The lowest BCUT2D eigenvalue weighted by molar-refractivity contribution is 0.393. The van der Waals surface area contributed by atoms with Crippen LogP contribution in [0.1, 0.15) is 12.8 Å². The first-order valence-corrected chi connectivity index (χ1v) is 8.35. The van der Waals surface area contributed by atoms with Crippen molar-refractivity contribution in [3.8, 4) is 0 Å². The van der Waals surface area contributed by atoms with Gasteiger partial charge in [-0.1, -0.05) is 11.6 Å². The van der Waals surface area contributed by atoms with Crippen molar-refractivity contribution in [3.63, 3.8) is 0 Å². The van der Waals surface area contributed by atoms with Crippen molar-refractivity contribution >= 4 is 37.6 Å². The molecular weight excluding hydrogens is 359 g/mol. The molecule has 1 aromatic rings. The summed E-state index contributed by atoms with van der Waals surface area (Å²) in [5, 5.41) is -0.130. The van der Waals surface area contributed by atoms with E-state index in [4.69, 9.17) is 17.3 Å². The Morgan fingerprint density at radius 2 is 2.21 bits per heavy atom. The fourth-order valence-electron chi connectivity index (χ4n) is 2.25. The molecule has 4 nitrogen and oxygen atoms in total. The predicted molar refractivity (Wildman–Crippen MR) is 75.1 cm³/mol. The van der Waals surface area contributed by atoms with E-state index in [0.717, 1.165) is 25.0 Å². The molecule has 0 spiro atoms. The van der Waals surface area contributed by atoms with E-state index in [1.807, 2.05) is 0 Å². The fraction of sp³-hybridized carbons (Fsp3) is 0.455. The third-order valence-corrected chi connectivity index (χ3v) is 6.48. The van der Waals surface area contributed by atoms with E-state index >= 15 is 0 Å². The second-order valence-corrected chi connectivity index (χ2v) is 7.44. The number of hydrogen-bond acceptors (Lipinski definition) is 3. The Morgan fingerprint density at radius 1 is 1.53 bits per heavy atom. The Balaban J connectivity index is 2.51. The van der Waals surface area contributed by atoms with E-state index in [2.05, 4.69) is 15.9 Å². The zero-order valence-electron chi connectivity index (χ0n) is 9.94. The minimum atomic E-state index is -3.77. The van der Waals surface area contributed by atoms with E-state index in [0.29, 0.717) is 6.54 Å². The van der Waals surface area contributed by atoms with Gasteiger partial charge in [0.05, 0.1) is 5.02 Å². The average Bonchev–Trinajstić information content (AvgIpc) is 2.75. The fourth-order valence-corrected chi connectivity index (χ4v) is 5.71. The molecule has 1 aliphatic rings. The van der Waals surface area contributed by atoms with Gasteiger partial charge in [0.1, 0.15) is 10.7 Å². The Morgan fingerprint density at radius 3 is 2.79 bits per heavy atom. The lowest BCUT2D eigenvalue weighted by Gasteiger charge is -2.24. The second-order valence-electron chi connectivity index (χ2n) is 4.35. The smallest absolute Gasteiger partial charge is 0.245 e. The van der Waals surface area contributed by atoms with Gasteiger partial charge in [-0.3, -0.25) is 0 Å². The Labute approximate surface area is 124 Å². The average molecular weight is 372 g/mol. The molecular formula is C11H13BrClFN2O2S. The van der Waals surface area contributed by atoms with Gasteiger partial charge in [0.25, 0.3) is 0 Å². The highest BCUT2D eigenvalue weighted by atomic mass is 79.9. The van der Waals surface area contributed by atoms with Gasteiger partial charge in [-0.2, -0.15) is 4.31 Å². The summed E-state index contributed by atoms with van der Waals surface area (Å²) in [5.74, 6) is -0.590. The SMILES string of the molecule is NC[C@H]1CCCN1S(=O)(=O)c1c(Cl)cc(F)cc1Br. The van der Waals surface area contributed by atoms with E-state index in [1.54, 1.807) is 0 Å². The summed E-state index contributed by atoms with van der Waals surface area (Å²) in [7, 11) is -3.77. The summed E-state index contributed by atoms with van der Waals surface area (Å²) < 4.78 is 39.8. The van der Waals surface area contributed by atoms with Crippen LogP contribution in [0.5, 0.6) is 0 Å². The molecule has 2 N–H and O–H groups in total. The molecule has 1 aliphatic heterocycles. The molecule has 1 fully saturated rings. The largest absolute Gasteiger partial charge is 0.329 e. The van der Waals surface area contributed by atoms with Crippen LogP contribution in [0, 0.1) is 5.82 Å². The molecule has 1 heterocycles. The maximum atomic E-state index is 13.2. The van der Waals surface area contributed by atoms with Gasteiger partial charge in [-0.05, 0) is 40.9 Å². The van der Waals surface area contributed by atoms with Crippen molar-refractivity contribution in [2.75, 3.05) is 13.1 Å².